The molecule has 2 aromatic heterocycles. The molecule has 2 amide bonds. The van der Waals surface area contributed by atoms with Crippen molar-refractivity contribution in [3.63, 3.8) is 0 Å². The summed E-state index contributed by atoms with van der Waals surface area (Å²) in [4.78, 5) is 40.6. The molecule has 1 aromatic carbocycles. The lowest BCUT2D eigenvalue weighted by molar-refractivity contribution is -0.121. The number of amides is 2. The summed E-state index contributed by atoms with van der Waals surface area (Å²) in [6.07, 6.45) is 0. The van der Waals surface area contributed by atoms with E-state index in [0.29, 0.717) is 37.3 Å². The summed E-state index contributed by atoms with van der Waals surface area (Å²) in [6.45, 7) is 4.03. The number of nitrogens with zero attached hydrogens (tertiary/aromatic N) is 3. The van der Waals surface area contributed by atoms with Crippen LogP contribution in [0.25, 0.3) is 11.1 Å². The van der Waals surface area contributed by atoms with Crippen LogP contribution in [0.2, 0.25) is 0 Å². The third-order valence-corrected chi connectivity index (χ3v) is 5.74. The summed E-state index contributed by atoms with van der Waals surface area (Å²) >= 11 is 1.52. The fraction of sp³-hybridized carbons (Fsp3) is 0.350. The van der Waals surface area contributed by atoms with E-state index in [9.17, 15) is 14.4 Å². The first-order valence-electron chi connectivity index (χ1n) is 9.51. The molecular weight excluding hydrogens is 392 g/mol. The Bertz CT molecular complexity index is 1050. The summed E-state index contributed by atoms with van der Waals surface area (Å²) in [5, 5.41) is 6.64. The Kier molecular flexibility index (Phi) is 5.77. The number of benzene rings is 1. The van der Waals surface area contributed by atoms with Crippen LogP contribution in [0.15, 0.2) is 50.3 Å². The van der Waals surface area contributed by atoms with Crippen molar-refractivity contribution in [1.29, 1.82) is 0 Å². The molecule has 1 fully saturated rings. The highest BCUT2D eigenvalue weighted by Crippen LogP contribution is 2.12. The maximum absolute atomic E-state index is 12.4. The van der Waals surface area contributed by atoms with Crippen molar-refractivity contribution in [2.24, 2.45) is 0 Å². The Hall–Kier alpha value is -2.91. The van der Waals surface area contributed by atoms with Gasteiger partial charge in [0.25, 0.3) is 5.91 Å². The topological polar surface area (TPSA) is 87.8 Å². The molecule has 152 valence electrons. The molecule has 8 nitrogen and oxygen atoms in total. The van der Waals surface area contributed by atoms with Crippen LogP contribution in [0.4, 0.5) is 0 Å². The fourth-order valence-corrected chi connectivity index (χ4v) is 4.09. The quantitative estimate of drug-likeness (QED) is 0.656. The zero-order valence-corrected chi connectivity index (χ0v) is 16.7. The number of oxazole rings is 1. The molecule has 3 aromatic rings. The SMILES string of the molecule is O=C(Cn1c(=O)oc2ccccc21)NCCN1CCN(C(=O)c2ccsc2)CC1. The predicted molar refractivity (Wildman–Crippen MR) is 110 cm³/mol. The number of carbonyl (C=O) groups is 2. The van der Waals surface area contributed by atoms with Gasteiger partial charge in [-0.1, -0.05) is 12.1 Å². The molecule has 0 saturated carbocycles. The highest BCUT2D eigenvalue weighted by Gasteiger charge is 2.22. The van der Waals surface area contributed by atoms with Crippen LogP contribution in [0, 0.1) is 0 Å². The summed E-state index contributed by atoms with van der Waals surface area (Å²) in [5.41, 5.74) is 1.83. The first-order chi connectivity index (χ1) is 14.1. The lowest BCUT2D eigenvalue weighted by atomic mass is 10.2. The molecule has 0 spiro atoms. The molecule has 1 aliphatic rings. The summed E-state index contributed by atoms with van der Waals surface area (Å²) in [6, 6.07) is 8.89. The van der Waals surface area contributed by atoms with Gasteiger partial charge in [-0.05, 0) is 23.6 Å². The molecule has 9 heteroatoms. The van der Waals surface area contributed by atoms with Gasteiger partial charge in [0.1, 0.15) is 6.54 Å². The monoisotopic (exact) mass is 414 g/mol. The van der Waals surface area contributed by atoms with Gasteiger partial charge in [0.05, 0.1) is 11.1 Å². The van der Waals surface area contributed by atoms with E-state index in [2.05, 4.69) is 10.2 Å². The average Bonchev–Trinajstić information content (AvgIpc) is 3.37. The first-order valence-corrected chi connectivity index (χ1v) is 10.4. The molecule has 1 N–H and O–H groups in total. The fourth-order valence-electron chi connectivity index (χ4n) is 3.46. The molecule has 0 aliphatic carbocycles. The maximum atomic E-state index is 12.4. The highest BCUT2D eigenvalue weighted by atomic mass is 32.1. The summed E-state index contributed by atoms with van der Waals surface area (Å²) in [5.74, 6) is -0.685. The number of fused-ring (bicyclic) bond motifs is 1. The van der Waals surface area contributed by atoms with E-state index >= 15 is 0 Å². The van der Waals surface area contributed by atoms with Crippen LogP contribution >= 0.6 is 11.3 Å². The van der Waals surface area contributed by atoms with Gasteiger partial charge in [-0.15, -0.1) is 0 Å². The number of aromatic nitrogens is 1. The Balaban J connectivity index is 1.22. The van der Waals surface area contributed by atoms with Gasteiger partial charge >= 0.3 is 5.76 Å². The number of para-hydroxylation sites is 2. The van der Waals surface area contributed by atoms with Crippen LogP contribution in [0.1, 0.15) is 10.4 Å². The van der Waals surface area contributed by atoms with Crippen molar-refractivity contribution in [3.8, 4) is 0 Å². The van der Waals surface area contributed by atoms with Gasteiger partial charge in [-0.2, -0.15) is 11.3 Å². The van der Waals surface area contributed by atoms with Gasteiger partial charge in [0.15, 0.2) is 5.58 Å². The zero-order valence-electron chi connectivity index (χ0n) is 15.9. The van der Waals surface area contributed by atoms with Crippen LogP contribution in [0.3, 0.4) is 0 Å². The van der Waals surface area contributed by atoms with Gasteiger partial charge in [-0.3, -0.25) is 19.1 Å². The van der Waals surface area contributed by atoms with Crippen LogP contribution in [-0.2, 0) is 11.3 Å². The standard InChI is InChI=1S/C20H22N4O4S/c25-18(13-24-16-3-1-2-4-17(16)28-20(24)27)21-6-7-22-8-10-23(11-9-22)19(26)15-5-12-29-14-15/h1-5,12,14H,6-11,13H2,(H,21,25). The van der Waals surface area contributed by atoms with Gasteiger partial charge < -0.3 is 14.6 Å². The Morgan fingerprint density at radius 2 is 1.90 bits per heavy atom. The number of piperazine rings is 1. The molecule has 1 aliphatic heterocycles. The van der Waals surface area contributed by atoms with Gasteiger partial charge in [0, 0.05) is 44.6 Å². The minimum atomic E-state index is -0.534. The Labute approximate surface area is 171 Å². The number of rotatable bonds is 6. The molecule has 29 heavy (non-hydrogen) atoms. The number of nitrogens with one attached hydrogen (secondary N) is 1. The number of hydrogen-bond donors (Lipinski definition) is 1. The van der Waals surface area contributed by atoms with Crippen LogP contribution in [0.5, 0.6) is 0 Å². The van der Waals surface area contributed by atoms with E-state index in [4.69, 9.17) is 4.42 Å². The zero-order chi connectivity index (χ0) is 20.2. The number of carbonyl (C=O) groups excluding carboxylic acids is 2. The van der Waals surface area contributed by atoms with Crippen molar-refractivity contribution in [2.45, 2.75) is 6.54 Å². The van der Waals surface area contributed by atoms with Crippen molar-refractivity contribution >= 4 is 34.3 Å². The average molecular weight is 414 g/mol. The van der Waals surface area contributed by atoms with Crippen molar-refractivity contribution in [3.05, 3.63) is 57.2 Å². The second-order valence-corrected chi connectivity index (χ2v) is 7.70. The van der Waals surface area contributed by atoms with Crippen molar-refractivity contribution < 1.29 is 14.0 Å². The van der Waals surface area contributed by atoms with Gasteiger partial charge in [0.2, 0.25) is 5.91 Å². The van der Waals surface area contributed by atoms with E-state index in [0.717, 1.165) is 18.7 Å². The predicted octanol–water partition coefficient (Wildman–Crippen LogP) is 1.23. The normalized spacial score (nSPS) is 15.0. The van der Waals surface area contributed by atoms with E-state index in [1.807, 2.05) is 21.7 Å². The number of hydrogen-bond acceptors (Lipinski definition) is 6. The molecular formula is C20H22N4O4S. The Morgan fingerprint density at radius 1 is 1.10 bits per heavy atom. The molecule has 0 radical (unpaired) electrons. The molecule has 3 heterocycles. The third-order valence-electron chi connectivity index (χ3n) is 5.05. The molecule has 0 unspecified atom stereocenters. The third kappa shape index (κ3) is 4.41. The van der Waals surface area contributed by atoms with E-state index < -0.39 is 5.76 Å². The summed E-state index contributed by atoms with van der Waals surface area (Å²) < 4.78 is 6.48. The Morgan fingerprint density at radius 3 is 2.66 bits per heavy atom. The minimum Gasteiger partial charge on any atom is -0.408 e. The maximum Gasteiger partial charge on any atom is 0.420 e. The van der Waals surface area contributed by atoms with Crippen molar-refractivity contribution in [2.75, 3.05) is 39.3 Å². The van der Waals surface area contributed by atoms with E-state index in [1.54, 1.807) is 24.3 Å². The highest BCUT2D eigenvalue weighted by molar-refractivity contribution is 7.08. The largest absolute Gasteiger partial charge is 0.420 e. The first kappa shape index (κ1) is 19.4. The smallest absolute Gasteiger partial charge is 0.408 e. The molecule has 0 bridgehead atoms. The second-order valence-electron chi connectivity index (χ2n) is 6.92. The van der Waals surface area contributed by atoms with Crippen LogP contribution in [-0.4, -0.2) is 65.4 Å². The summed E-state index contributed by atoms with van der Waals surface area (Å²) in [7, 11) is 0. The minimum absolute atomic E-state index is 0.0707. The lowest BCUT2D eigenvalue weighted by Crippen LogP contribution is -2.50. The van der Waals surface area contributed by atoms with Crippen molar-refractivity contribution in [1.82, 2.24) is 19.7 Å². The van der Waals surface area contributed by atoms with Gasteiger partial charge in [-0.25, -0.2) is 4.79 Å². The van der Waals surface area contributed by atoms with E-state index in [-0.39, 0.29) is 18.4 Å². The van der Waals surface area contributed by atoms with E-state index in [1.165, 1.54) is 15.9 Å². The second kappa shape index (κ2) is 8.62. The molecule has 1 saturated heterocycles. The lowest BCUT2D eigenvalue weighted by Gasteiger charge is -2.34. The molecule has 0 atom stereocenters. The molecule has 4 rings (SSSR count). The number of thiophene rings is 1. The van der Waals surface area contributed by atoms with Crippen LogP contribution < -0.4 is 11.1 Å².